The molecule has 0 amide bonds. The van der Waals surface area contributed by atoms with Crippen LogP contribution in [0.4, 0.5) is 0 Å². The van der Waals surface area contributed by atoms with Gasteiger partial charge in [0.05, 0.1) is 7.11 Å². The molecule has 5 nitrogen and oxygen atoms in total. The molecule has 0 atom stereocenters. The van der Waals surface area contributed by atoms with Gasteiger partial charge in [-0.25, -0.2) is 4.98 Å². The molecule has 0 N–H and O–H groups in total. The van der Waals surface area contributed by atoms with Crippen molar-refractivity contribution >= 4 is 11.6 Å². The summed E-state index contributed by atoms with van der Waals surface area (Å²) in [6.07, 6.45) is 0.595. The highest BCUT2D eigenvalue weighted by molar-refractivity contribution is 6.29. The highest BCUT2D eigenvalue weighted by atomic mass is 35.5. The van der Waals surface area contributed by atoms with Gasteiger partial charge in [0.15, 0.2) is 0 Å². The lowest BCUT2D eigenvalue weighted by atomic mass is 10.2. The Labute approximate surface area is 86.3 Å². The van der Waals surface area contributed by atoms with Crippen molar-refractivity contribution in [3.05, 3.63) is 33.3 Å². The fourth-order valence-corrected chi connectivity index (χ4v) is 1.17. The molecule has 0 saturated heterocycles. The van der Waals surface area contributed by atoms with Crippen LogP contribution in [0.5, 0.6) is 5.88 Å². The van der Waals surface area contributed by atoms with E-state index in [4.69, 9.17) is 21.9 Å². The number of azide groups is 1. The summed E-state index contributed by atoms with van der Waals surface area (Å²) >= 11 is 5.68. The molecule has 1 aromatic rings. The van der Waals surface area contributed by atoms with Crippen molar-refractivity contribution in [1.82, 2.24) is 4.98 Å². The van der Waals surface area contributed by atoms with Crippen molar-refractivity contribution in [2.45, 2.75) is 6.42 Å². The molecule has 6 heteroatoms. The average molecular weight is 213 g/mol. The minimum atomic E-state index is 0.384. The van der Waals surface area contributed by atoms with E-state index in [1.165, 1.54) is 7.11 Å². The Balaban J connectivity index is 2.79. The van der Waals surface area contributed by atoms with Crippen molar-refractivity contribution in [3.8, 4) is 5.88 Å². The lowest BCUT2D eigenvalue weighted by Gasteiger charge is -2.05. The fourth-order valence-electron chi connectivity index (χ4n) is 1.03. The number of nitrogens with zero attached hydrogens (tertiary/aromatic N) is 4. The maximum absolute atomic E-state index is 8.11. The van der Waals surface area contributed by atoms with Gasteiger partial charge in [0.1, 0.15) is 5.15 Å². The maximum Gasteiger partial charge on any atom is 0.217 e. The first kappa shape index (κ1) is 10.6. The molecule has 0 saturated carbocycles. The van der Waals surface area contributed by atoms with E-state index in [0.717, 1.165) is 5.56 Å². The SMILES string of the molecule is COc1nc(Cl)ccc1CCN=[N+]=[N-]. The van der Waals surface area contributed by atoms with E-state index in [1.54, 1.807) is 12.1 Å². The summed E-state index contributed by atoms with van der Waals surface area (Å²) in [7, 11) is 1.52. The zero-order chi connectivity index (χ0) is 10.4. The Morgan fingerprint density at radius 1 is 1.64 bits per heavy atom. The molecule has 0 aromatic carbocycles. The number of aromatic nitrogens is 1. The molecule has 0 aliphatic rings. The Kier molecular flexibility index (Phi) is 4.04. The molecule has 0 bridgehead atoms. The van der Waals surface area contributed by atoms with Crippen LogP contribution in [0, 0.1) is 0 Å². The smallest absolute Gasteiger partial charge is 0.217 e. The van der Waals surface area contributed by atoms with Crippen LogP contribution in [-0.2, 0) is 6.42 Å². The third-order valence-electron chi connectivity index (χ3n) is 1.64. The predicted molar refractivity (Wildman–Crippen MR) is 53.5 cm³/mol. The van der Waals surface area contributed by atoms with E-state index in [0.29, 0.717) is 24.0 Å². The molecule has 0 aliphatic carbocycles. The second-order valence-corrected chi connectivity index (χ2v) is 2.89. The first-order chi connectivity index (χ1) is 6.77. The molecule has 74 valence electrons. The monoisotopic (exact) mass is 212 g/mol. The van der Waals surface area contributed by atoms with Crippen LogP contribution in [0.3, 0.4) is 0 Å². The Morgan fingerprint density at radius 2 is 2.43 bits per heavy atom. The molecule has 0 aliphatic heterocycles. The molecule has 1 rings (SSSR count). The standard InChI is InChI=1S/C8H9ClN4O/c1-14-8-6(4-5-11-13-10)2-3-7(9)12-8/h2-3H,4-5H2,1H3. The minimum Gasteiger partial charge on any atom is -0.481 e. The normalized spacial score (nSPS) is 9.29. The van der Waals surface area contributed by atoms with Crippen molar-refractivity contribution in [3.63, 3.8) is 0 Å². The molecular weight excluding hydrogens is 204 g/mol. The Hall–Kier alpha value is -1.45. The van der Waals surface area contributed by atoms with E-state index in [2.05, 4.69) is 15.0 Å². The van der Waals surface area contributed by atoms with Crippen molar-refractivity contribution < 1.29 is 4.74 Å². The second kappa shape index (κ2) is 5.32. The second-order valence-electron chi connectivity index (χ2n) is 2.51. The van der Waals surface area contributed by atoms with E-state index in [9.17, 15) is 0 Å². The fraction of sp³-hybridized carbons (Fsp3) is 0.375. The van der Waals surface area contributed by atoms with Gasteiger partial charge in [-0.05, 0) is 18.0 Å². The van der Waals surface area contributed by atoms with Crippen LogP contribution in [0.1, 0.15) is 5.56 Å². The van der Waals surface area contributed by atoms with E-state index < -0.39 is 0 Å². The van der Waals surface area contributed by atoms with Crippen LogP contribution >= 0.6 is 11.6 Å². The van der Waals surface area contributed by atoms with Gasteiger partial charge < -0.3 is 4.74 Å². The topological polar surface area (TPSA) is 70.9 Å². The van der Waals surface area contributed by atoms with E-state index in [-0.39, 0.29) is 0 Å². The van der Waals surface area contributed by atoms with E-state index in [1.807, 2.05) is 0 Å². The molecular formula is C8H9ClN4O. The number of hydrogen-bond acceptors (Lipinski definition) is 3. The quantitative estimate of drug-likeness (QED) is 0.333. The number of hydrogen-bond donors (Lipinski definition) is 0. The van der Waals surface area contributed by atoms with Gasteiger partial charge in [-0.3, -0.25) is 0 Å². The first-order valence-corrected chi connectivity index (χ1v) is 4.36. The van der Waals surface area contributed by atoms with Gasteiger partial charge in [-0.2, -0.15) is 0 Å². The Morgan fingerprint density at radius 3 is 3.07 bits per heavy atom. The Bertz CT molecular complexity index is 362. The third-order valence-corrected chi connectivity index (χ3v) is 1.85. The summed E-state index contributed by atoms with van der Waals surface area (Å²) < 4.78 is 5.03. The third kappa shape index (κ3) is 2.80. The number of rotatable bonds is 4. The first-order valence-electron chi connectivity index (χ1n) is 3.98. The molecule has 14 heavy (non-hydrogen) atoms. The van der Waals surface area contributed by atoms with Crippen LogP contribution < -0.4 is 4.74 Å². The number of pyridine rings is 1. The number of halogens is 1. The summed E-state index contributed by atoms with van der Waals surface area (Å²) in [5.41, 5.74) is 8.98. The summed E-state index contributed by atoms with van der Waals surface area (Å²) in [6, 6.07) is 3.48. The molecule has 0 fully saturated rings. The lowest BCUT2D eigenvalue weighted by Crippen LogP contribution is -1.97. The summed E-state index contributed by atoms with van der Waals surface area (Å²) in [6.45, 7) is 0.385. The predicted octanol–water partition coefficient (Wildman–Crippen LogP) is 2.60. The van der Waals surface area contributed by atoms with Crippen molar-refractivity contribution in [1.29, 1.82) is 0 Å². The summed E-state index contributed by atoms with van der Waals surface area (Å²) in [4.78, 5) is 6.64. The molecule has 0 radical (unpaired) electrons. The van der Waals surface area contributed by atoms with Crippen molar-refractivity contribution in [2.75, 3.05) is 13.7 Å². The molecule has 1 aromatic heterocycles. The van der Waals surface area contributed by atoms with Gasteiger partial charge in [0, 0.05) is 17.0 Å². The molecule has 1 heterocycles. The van der Waals surface area contributed by atoms with E-state index >= 15 is 0 Å². The van der Waals surface area contributed by atoms with Crippen LogP contribution in [0.15, 0.2) is 17.2 Å². The lowest BCUT2D eigenvalue weighted by molar-refractivity contribution is 0.392. The highest BCUT2D eigenvalue weighted by Crippen LogP contribution is 2.18. The van der Waals surface area contributed by atoms with Gasteiger partial charge in [0.25, 0.3) is 0 Å². The van der Waals surface area contributed by atoms with Gasteiger partial charge >= 0.3 is 0 Å². The molecule has 0 spiro atoms. The molecule has 0 unspecified atom stereocenters. The van der Waals surface area contributed by atoms with Crippen LogP contribution in [0.2, 0.25) is 5.15 Å². The number of ether oxygens (including phenoxy) is 1. The zero-order valence-corrected chi connectivity index (χ0v) is 8.40. The number of methoxy groups -OCH3 is 1. The zero-order valence-electron chi connectivity index (χ0n) is 7.64. The summed E-state index contributed by atoms with van der Waals surface area (Å²) in [5.74, 6) is 0.477. The van der Waals surface area contributed by atoms with Gasteiger partial charge in [-0.15, -0.1) is 0 Å². The highest BCUT2D eigenvalue weighted by Gasteiger charge is 2.04. The van der Waals surface area contributed by atoms with Crippen molar-refractivity contribution in [2.24, 2.45) is 5.11 Å². The van der Waals surface area contributed by atoms with Gasteiger partial charge in [0.2, 0.25) is 5.88 Å². The van der Waals surface area contributed by atoms with Gasteiger partial charge in [-0.1, -0.05) is 22.8 Å². The maximum atomic E-state index is 8.11. The van der Waals surface area contributed by atoms with Crippen LogP contribution in [-0.4, -0.2) is 18.6 Å². The largest absolute Gasteiger partial charge is 0.481 e. The van der Waals surface area contributed by atoms with Crippen LogP contribution in [0.25, 0.3) is 10.4 Å². The minimum absolute atomic E-state index is 0.384. The summed E-state index contributed by atoms with van der Waals surface area (Å²) in [5, 5.41) is 3.81. The average Bonchev–Trinajstić information content (AvgIpc) is 2.20.